The lowest BCUT2D eigenvalue weighted by Crippen LogP contribution is -2.13. The smallest absolute Gasteiger partial charge is 0.256 e. The minimum Gasteiger partial charge on any atom is -0.322 e. The van der Waals surface area contributed by atoms with Crippen LogP contribution in [0.25, 0.3) is 33.7 Å². The number of aromatic amines is 1. The normalized spacial score (nSPS) is 11.3. The standard InChI is InChI=1S/C24H22N8O/c1-14(2)32-23-20(13-25-32)19(12-21(27-23)18-10-5-4-7-15(18)3)24(33)26-17-9-6-8-16(11-17)22-28-30-31-29-22/h4-14H,1-3H3,(H,26,33)(H,28,29,30,31). The SMILES string of the molecule is Cc1ccccc1-c1cc(C(=O)Nc2cccc(-c3nn[nH]n3)c2)c2cnn(C(C)C)c2n1. The van der Waals surface area contributed by atoms with E-state index < -0.39 is 0 Å². The number of carbonyl (C=O) groups excluding carboxylic acids is 1. The van der Waals surface area contributed by atoms with Crippen molar-refractivity contribution in [3.8, 4) is 22.6 Å². The van der Waals surface area contributed by atoms with Gasteiger partial charge in [0.1, 0.15) is 0 Å². The fourth-order valence-corrected chi connectivity index (χ4v) is 3.80. The van der Waals surface area contributed by atoms with Gasteiger partial charge in [0, 0.05) is 22.9 Å². The van der Waals surface area contributed by atoms with Crippen LogP contribution in [0.4, 0.5) is 5.69 Å². The summed E-state index contributed by atoms with van der Waals surface area (Å²) in [5.74, 6) is 0.211. The van der Waals surface area contributed by atoms with Crippen LogP contribution in [0.1, 0.15) is 35.8 Å². The van der Waals surface area contributed by atoms with Crippen molar-refractivity contribution < 1.29 is 4.79 Å². The quantitative estimate of drug-likeness (QED) is 0.420. The first-order valence-electron chi connectivity index (χ1n) is 10.6. The molecule has 2 aromatic carbocycles. The minimum atomic E-state index is -0.245. The molecule has 164 valence electrons. The highest BCUT2D eigenvalue weighted by molar-refractivity contribution is 6.12. The first-order chi connectivity index (χ1) is 16.0. The molecule has 2 N–H and O–H groups in total. The van der Waals surface area contributed by atoms with E-state index in [1.54, 1.807) is 12.3 Å². The van der Waals surface area contributed by atoms with E-state index in [1.165, 1.54) is 0 Å². The second kappa shape index (κ2) is 8.27. The van der Waals surface area contributed by atoms with Gasteiger partial charge in [-0.25, -0.2) is 9.67 Å². The fourth-order valence-electron chi connectivity index (χ4n) is 3.80. The molecule has 0 spiro atoms. The molecular formula is C24H22N8O. The Morgan fingerprint density at radius 1 is 1.09 bits per heavy atom. The molecule has 0 saturated carbocycles. The predicted octanol–water partition coefficient (Wildman–Crippen LogP) is 4.42. The molecule has 3 aromatic heterocycles. The molecule has 1 amide bonds. The van der Waals surface area contributed by atoms with Crippen LogP contribution in [0.2, 0.25) is 0 Å². The lowest BCUT2D eigenvalue weighted by molar-refractivity contribution is 0.102. The van der Waals surface area contributed by atoms with E-state index in [0.717, 1.165) is 22.4 Å². The second-order valence-corrected chi connectivity index (χ2v) is 8.06. The Morgan fingerprint density at radius 3 is 2.70 bits per heavy atom. The number of nitrogens with one attached hydrogen (secondary N) is 2. The predicted molar refractivity (Wildman–Crippen MR) is 126 cm³/mol. The van der Waals surface area contributed by atoms with Gasteiger partial charge in [-0.2, -0.15) is 10.3 Å². The van der Waals surface area contributed by atoms with Gasteiger partial charge in [-0.15, -0.1) is 10.2 Å². The lowest BCUT2D eigenvalue weighted by atomic mass is 10.0. The number of tetrazole rings is 1. The monoisotopic (exact) mass is 438 g/mol. The van der Waals surface area contributed by atoms with Gasteiger partial charge in [0.05, 0.1) is 22.8 Å². The summed E-state index contributed by atoms with van der Waals surface area (Å²) in [6, 6.07) is 17.2. The molecular weight excluding hydrogens is 416 g/mol. The maximum atomic E-state index is 13.4. The molecule has 0 aliphatic carbocycles. The maximum absolute atomic E-state index is 13.4. The Hall–Kier alpha value is -4.40. The summed E-state index contributed by atoms with van der Waals surface area (Å²) < 4.78 is 1.84. The van der Waals surface area contributed by atoms with Crippen LogP contribution in [0.15, 0.2) is 60.8 Å². The summed E-state index contributed by atoms with van der Waals surface area (Å²) >= 11 is 0. The number of amides is 1. The Bertz CT molecular complexity index is 1450. The Kier molecular flexibility index (Phi) is 5.14. The van der Waals surface area contributed by atoms with Crippen molar-refractivity contribution in [2.45, 2.75) is 26.8 Å². The van der Waals surface area contributed by atoms with E-state index in [0.29, 0.717) is 28.1 Å². The van der Waals surface area contributed by atoms with E-state index in [1.807, 2.05) is 74.0 Å². The summed E-state index contributed by atoms with van der Waals surface area (Å²) in [6.45, 7) is 6.11. The van der Waals surface area contributed by atoms with Crippen molar-refractivity contribution in [1.82, 2.24) is 35.4 Å². The summed E-state index contributed by atoms with van der Waals surface area (Å²) in [6.07, 6.45) is 1.70. The van der Waals surface area contributed by atoms with Crippen LogP contribution in [0.5, 0.6) is 0 Å². The van der Waals surface area contributed by atoms with Gasteiger partial charge in [0.25, 0.3) is 5.91 Å². The van der Waals surface area contributed by atoms with E-state index in [2.05, 4.69) is 31.0 Å². The number of hydrogen-bond donors (Lipinski definition) is 2. The number of H-pyrrole nitrogens is 1. The van der Waals surface area contributed by atoms with Gasteiger partial charge < -0.3 is 5.32 Å². The number of anilines is 1. The van der Waals surface area contributed by atoms with Crippen molar-refractivity contribution in [2.75, 3.05) is 5.32 Å². The van der Waals surface area contributed by atoms with Crippen LogP contribution >= 0.6 is 0 Å². The molecule has 0 aliphatic rings. The first kappa shape index (κ1) is 20.5. The van der Waals surface area contributed by atoms with Crippen molar-refractivity contribution in [3.05, 3.63) is 71.9 Å². The molecule has 9 heteroatoms. The largest absolute Gasteiger partial charge is 0.322 e. The average molecular weight is 438 g/mol. The lowest BCUT2D eigenvalue weighted by Gasteiger charge is -2.12. The third kappa shape index (κ3) is 3.84. The highest BCUT2D eigenvalue weighted by Crippen LogP contribution is 2.29. The van der Waals surface area contributed by atoms with Gasteiger partial charge in [-0.05, 0) is 49.7 Å². The summed E-state index contributed by atoms with van der Waals surface area (Å²) in [5, 5.41) is 22.2. The summed E-state index contributed by atoms with van der Waals surface area (Å²) in [4.78, 5) is 18.3. The number of rotatable bonds is 5. The second-order valence-electron chi connectivity index (χ2n) is 8.06. The number of fused-ring (bicyclic) bond motifs is 1. The number of aryl methyl sites for hydroxylation is 1. The van der Waals surface area contributed by atoms with Crippen LogP contribution in [0.3, 0.4) is 0 Å². The van der Waals surface area contributed by atoms with Crippen molar-refractivity contribution in [3.63, 3.8) is 0 Å². The van der Waals surface area contributed by atoms with E-state index in [9.17, 15) is 4.79 Å². The maximum Gasteiger partial charge on any atom is 0.256 e. The van der Waals surface area contributed by atoms with Gasteiger partial charge in [-0.1, -0.05) is 36.4 Å². The third-order valence-corrected chi connectivity index (χ3v) is 5.45. The molecule has 9 nitrogen and oxygen atoms in total. The number of carbonyl (C=O) groups is 1. The first-order valence-corrected chi connectivity index (χ1v) is 10.6. The number of aromatic nitrogens is 7. The highest BCUT2D eigenvalue weighted by atomic mass is 16.1. The highest BCUT2D eigenvalue weighted by Gasteiger charge is 2.19. The molecule has 33 heavy (non-hydrogen) atoms. The molecule has 5 aromatic rings. The Labute approximate surface area is 189 Å². The summed E-state index contributed by atoms with van der Waals surface area (Å²) in [5.41, 5.74) is 5.35. The molecule has 0 radical (unpaired) electrons. The van der Waals surface area contributed by atoms with Crippen molar-refractivity contribution in [2.24, 2.45) is 0 Å². The number of hydrogen-bond acceptors (Lipinski definition) is 6. The van der Waals surface area contributed by atoms with Gasteiger partial charge in [-0.3, -0.25) is 4.79 Å². The average Bonchev–Trinajstić information content (AvgIpc) is 3.49. The molecule has 0 atom stereocenters. The zero-order valence-corrected chi connectivity index (χ0v) is 18.4. The Morgan fingerprint density at radius 2 is 1.94 bits per heavy atom. The Balaban J connectivity index is 1.59. The molecule has 0 aliphatic heterocycles. The zero-order chi connectivity index (χ0) is 22.9. The van der Waals surface area contributed by atoms with Gasteiger partial charge in [0.2, 0.25) is 5.82 Å². The number of pyridine rings is 1. The minimum absolute atomic E-state index is 0.102. The number of benzene rings is 2. The fraction of sp³-hybridized carbons (Fsp3) is 0.167. The van der Waals surface area contributed by atoms with Crippen molar-refractivity contribution >= 4 is 22.6 Å². The third-order valence-electron chi connectivity index (χ3n) is 5.45. The van der Waals surface area contributed by atoms with Crippen LogP contribution in [-0.4, -0.2) is 41.3 Å². The van der Waals surface area contributed by atoms with Crippen LogP contribution in [-0.2, 0) is 0 Å². The van der Waals surface area contributed by atoms with Crippen LogP contribution < -0.4 is 5.32 Å². The van der Waals surface area contributed by atoms with E-state index >= 15 is 0 Å². The molecule has 3 heterocycles. The molecule has 0 saturated heterocycles. The summed E-state index contributed by atoms with van der Waals surface area (Å²) in [7, 11) is 0. The molecule has 0 fully saturated rings. The van der Waals surface area contributed by atoms with Crippen LogP contribution in [0, 0.1) is 6.92 Å². The zero-order valence-electron chi connectivity index (χ0n) is 18.4. The number of nitrogens with zero attached hydrogens (tertiary/aromatic N) is 6. The van der Waals surface area contributed by atoms with E-state index in [4.69, 9.17) is 4.98 Å². The molecule has 0 unspecified atom stereocenters. The van der Waals surface area contributed by atoms with Crippen molar-refractivity contribution in [1.29, 1.82) is 0 Å². The van der Waals surface area contributed by atoms with Gasteiger partial charge >= 0.3 is 0 Å². The van der Waals surface area contributed by atoms with Gasteiger partial charge in [0.15, 0.2) is 5.65 Å². The topological polar surface area (TPSA) is 114 Å². The van der Waals surface area contributed by atoms with E-state index in [-0.39, 0.29) is 11.9 Å². The molecule has 5 rings (SSSR count). The molecule has 0 bridgehead atoms.